The minimum absolute atomic E-state index is 0.541. The van der Waals surface area contributed by atoms with Crippen LogP contribution in [0.4, 0.5) is 11.8 Å². The van der Waals surface area contributed by atoms with E-state index in [9.17, 15) is 0 Å². The number of rotatable bonds is 2. The molecule has 4 nitrogen and oxygen atoms in total. The smallest absolute Gasteiger partial charge is 0.227 e. The number of anilines is 2. The van der Waals surface area contributed by atoms with Crippen molar-refractivity contribution >= 4 is 27.7 Å². The molecular formula is C14H15BrN4. The summed E-state index contributed by atoms with van der Waals surface area (Å²) in [4.78, 5) is 11.1. The van der Waals surface area contributed by atoms with Crippen molar-refractivity contribution in [3.05, 3.63) is 34.9 Å². The molecule has 5 heteroatoms. The number of nitrogens with zero attached hydrogens (tertiary/aromatic N) is 3. The molecular weight excluding hydrogens is 304 g/mol. The summed E-state index contributed by atoms with van der Waals surface area (Å²) >= 11 is 3.42. The van der Waals surface area contributed by atoms with Crippen LogP contribution in [-0.4, -0.2) is 23.1 Å². The average Bonchev–Trinajstić information content (AvgIpc) is 2.94. The molecule has 0 unspecified atom stereocenters. The van der Waals surface area contributed by atoms with Gasteiger partial charge in [-0.2, -0.15) is 4.98 Å². The Kier molecular flexibility index (Phi) is 3.38. The number of nitrogens with two attached hydrogens (primary N) is 1. The van der Waals surface area contributed by atoms with E-state index in [2.05, 4.69) is 30.8 Å². The predicted octanol–water partition coefficient (Wildman–Crippen LogP) is 3.09. The number of hydrogen-bond acceptors (Lipinski definition) is 4. The van der Waals surface area contributed by atoms with Gasteiger partial charge in [-0.3, -0.25) is 0 Å². The lowest BCUT2D eigenvalue weighted by molar-refractivity contribution is 0.901. The summed E-state index contributed by atoms with van der Waals surface area (Å²) in [6, 6.07) is 8.00. The lowest BCUT2D eigenvalue weighted by atomic mass is 10.1. The third-order valence-corrected chi connectivity index (χ3v) is 3.88. The third-order valence-electron chi connectivity index (χ3n) is 3.35. The number of benzene rings is 1. The quantitative estimate of drug-likeness (QED) is 0.924. The van der Waals surface area contributed by atoms with E-state index in [1.807, 2.05) is 30.5 Å². The minimum Gasteiger partial charge on any atom is -0.383 e. The highest BCUT2D eigenvalue weighted by Gasteiger charge is 2.16. The normalized spacial score (nSPS) is 14.9. The highest BCUT2D eigenvalue weighted by molar-refractivity contribution is 9.10. The number of halogens is 1. The van der Waals surface area contributed by atoms with Gasteiger partial charge >= 0.3 is 0 Å². The number of nitrogen functional groups attached to an aromatic ring is 1. The van der Waals surface area contributed by atoms with E-state index in [4.69, 9.17) is 5.73 Å². The van der Waals surface area contributed by atoms with E-state index in [-0.39, 0.29) is 0 Å². The van der Waals surface area contributed by atoms with Crippen LogP contribution in [0.1, 0.15) is 12.8 Å². The maximum Gasteiger partial charge on any atom is 0.227 e. The Hall–Kier alpha value is -1.62. The van der Waals surface area contributed by atoms with Crippen LogP contribution in [-0.2, 0) is 0 Å². The third kappa shape index (κ3) is 2.56. The van der Waals surface area contributed by atoms with Crippen LogP contribution in [0.25, 0.3) is 11.1 Å². The van der Waals surface area contributed by atoms with Crippen LogP contribution in [0, 0.1) is 0 Å². The molecule has 1 aliphatic heterocycles. The van der Waals surface area contributed by atoms with Gasteiger partial charge in [0.1, 0.15) is 5.82 Å². The molecule has 0 spiro atoms. The van der Waals surface area contributed by atoms with Crippen LogP contribution in [0.3, 0.4) is 0 Å². The van der Waals surface area contributed by atoms with Crippen molar-refractivity contribution in [2.75, 3.05) is 23.7 Å². The fourth-order valence-corrected chi connectivity index (χ4v) is 2.57. The van der Waals surface area contributed by atoms with Gasteiger partial charge in [0, 0.05) is 29.3 Å². The summed E-state index contributed by atoms with van der Waals surface area (Å²) < 4.78 is 1.05. The largest absolute Gasteiger partial charge is 0.383 e. The number of aromatic nitrogens is 2. The summed E-state index contributed by atoms with van der Waals surface area (Å²) in [7, 11) is 0. The van der Waals surface area contributed by atoms with Gasteiger partial charge in [0.25, 0.3) is 0 Å². The van der Waals surface area contributed by atoms with Crippen molar-refractivity contribution in [1.29, 1.82) is 0 Å². The summed E-state index contributed by atoms with van der Waals surface area (Å²) in [5, 5.41) is 0. The average molecular weight is 319 g/mol. The lowest BCUT2D eigenvalue weighted by Gasteiger charge is -2.16. The molecule has 0 atom stereocenters. The van der Waals surface area contributed by atoms with Crippen molar-refractivity contribution in [2.24, 2.45) is 0 Å². The summed E-state index contributed by atoms with van der Waals surface area (Å²) in [6.45, 7) is 2.05. The summed E-state index contributed by atoms with van der Waals surface area (Å²) in [5.74, 6) is 1.29. The van der Waals surface area contributed by atoms with Crippen LogP contribution in [0.15, 0.2) is 34.9 Å². The fourth-order valence-electron chi connectivity index (χ4n) is 2.31. The molecule has 0 amide bonds. The van der Waals surface area contributed by atoms with E-state index in [0.717, 1.165) is 34.6 Å². The SMILES string of the molecule is Nc1nc(N2CCCC2)ncc1-c1ccc(Br)cc1. The Labute approximate surface area is 120 Å². The second-order valence-corrected chi connectivity index (χ2v) is 5.59. The van der Waals surface area contributed by atoms with Gasteiger partial charge in [-0.25, -0.2) is 4.98 Å². The Bertz CT molecular complexity index is 576. The molecule has 1 aromatic heterocycles. The first-order valence-electron chi connectivity index (χ1n) is 6.37. The van der Waals surface area contributed by atoms with Gasteiger partial charge in [0.05, 0.1) is 0 Å². The molecule has 2 aromatic rings. The van der Waals surface area contributed by atoms with Gasteiger partial charge < -0.3 is 10.6 Å². The van der Waals surface area contributed by atoms with E-state index in [1.54, 1.807) is 0 Å². The fraction of sp³-hybridized carbons (Fsp3) is 0.286. The zero-order chi connectivity index (χ0) is 13.2. The minimum atomic E-state index is 0.541. The van der Waals surface area contributed by atoms with Gasteiger partial charge in [-0.15, -0.1) is 0 Å². The molecule has 1 saturated heterocycles. The first-order chi connectivity index (χ1) is 9.24. The molecule has 1 aromatic carbocycles. The molecule has 98 valence electrons. The molecule has 2 heterocycles. The first-order valence-corrected chi connectivity index (χ1v) is 7.17. The van der Waals surface area contributed by atoms with Crippen LogP contribution < -0.4 is 10.6 Å². The standard InChI is InChI=1S/C14H15BrN4/c15-11-5-3-10(4-6-11)12-9-17-14(18-13(12)16)19-7-1-2-8-19/h3-6,9H,1-2,7-8H2,(H2,16,17,18). The second-order valence-electron chi connectivity index (χ2n) is 4.67. The van der Waals surface area contributed by atoms with Crippen molar-refractivity contribution in [3.63, 3.8) is 0 Å². The molecule has 0 saturated carbocycles. The van der Waals surface area contributed by atoms with Crippen molar-refractivity contribution in [3.8, 4) is 11.1 Å². The van der Waals surface area contributed by atoms with Gasteiger partial charge in [0.2, 0.25) is 5.95 Å². The zero-order valence-electron chi connectivity index (χ0n) is 10.5. The summed E-state index contributed by atoms with van der Waals surface area (Å²) in [6.07, 6.45) is 4.23. The Balaban J connectivity index is 1.93. The van der Waals surface area contributed by atoms with Crippen LogP contribution in [0.2, 0.25) is 0 Å². The van der Waals surface area contributed by atoms with Gasteiger partial charge in [-0.1, -0.05) is 28.1 Å². The van der Waals surface area contributed by atoms with E-state index < -0.39 is 0 Å². The van der Waals surface area contributed by atoms with Crippen molar-refractivity contribution in [2.45, 2.75) is 12.8 Å². The lowest BCUT2D eigenvalue weighted by Crippen LogP contribution is -2.20. The second kappa shape index (κ2) is 5.17. The highest BCUT2D eigenvalue weighted by Crippen LogP contribution is 2.27. The van der Waals surface area contributed by atoms with E-state index >= 15 is 0 Å². The highest BCUT2D eigenvalue weighted by atomic mass is 79.9. The zero-order valence-corrected chi connectivity index (χ0v) is 12.1. The summed E-state index contributed by atoms with van der Waals surface area (Å²) in [5.41, 5.74) is 7.99. The van der Waals surface area contributed by atoms with Gasteiger partial charge in [-0.05, 0) is 30.5 Å². The van der Waals surface area contributed by atoms with Crippen molar-refractivity contribution in [1.82, 2.24) is 9.97 Å². The molecule has 19 heavy (non-hydrogen) atoms. The van der Waals surface area contributed by atoms with E-state index in [1.165, 1.54) is 12.8 Å². The van der Waals surface area contributed by atoms with Crippen LogP contribution >= 0.6 is 15.9 Å². The topological polar surface area (TPSA) is 55.0 Å². The predicted molar refractivity (Wildman–Crippen MR) is 81.0 cm³/mol. The molecule has 3 rings (SSSR count). The molecule has 0 bridgehead atoms. The van der Waals surface area contributed by atoms with Crippen LogP contribution in [0.5, 0.6) is 0 Å². The first kappa shape index (κ1) is 12.4. The molecule has 0 radical (unpaired) electrons. The Morgan fingerprint density at radius 3 is 2.42 bits per heavy atom. The van der Waals surface area contributed by atoms with E-state index in [0.29, 0.717) is 5.82 Å². The van der Waals surface area contributed by atoms with Crippen molar-refractivity contribution < 1.29 is 0 Å². The monoisotopic (exact) mass is 318 g/mol. The number of hydrogen-bond donors (Lipinski definition) is 1. The Morgan fingerprint density at radius 1 is 1.11 bits per heavy atom. The molecule has 2 N–H and O–H groups in total. The molecule has 1 fully saturated rings. The molecule has 1 aliphatic rings. The van der Waals surface area contributed by atoms with Gasteiger partial charge in [0.15, 0.2) is 0 Å². The maximum atomic E-state index is 6.07. The maximum absolute atomic E-state index is 6.07. The Morgan fingerprint density at radius 2 is 1.79 bits per heavy atom. The molecule has 0 aliphatic carbocycles.